The molecule has 3 heterocycles. The van der Waals surface area contributed by atoms with Gasteiger partial charge in [0.1, 0.15) is 17.1 Å². The third-order valence-corrected chi connectivity index (χ3v) is 4.50. The van der Waals surface area contributed by atoms with E-state index >= 15 is 0 Å². The topological polar surface area (TPSA) is 90.3 Å². The van der Waals surface area contributed by atoms with Crippen molar-refractivity contribution in [1.29, 1.82) is 0 Å². The van der Waals surface area contributed by atoms with Gasteiger partial charge in [-0.25, -0.2) is 4.79 Å². The highest BCUT2D eigenvalue weighted by atomic mass is 16.5. The normalized spacial score (nSPS) is 18.0. The molecule has 1 fully saturated rings. The Bertz CT molecular complexity index is 892. The predicted octanol–water partition coefficient (Wildman–Crippen LogP) is 0.748. The van der Waals surface area contributed by atoms with Gasteiger partial charge in [0.25, 0.3) is 11.5 Å². The van der Waals surface area contributed by atoms with Gasteiger partial charge in [-0.15, -0.1) is 0 Å². The first-order chi connectivity index (χ1) is 11.4. The zero-order valence-electron chi connectivity index (χ0n) is 14.0. The van der Waals surface area contributed by atoms with Crippen molar-refractivity contribution in [3.63, 3.8) is 0 Å². The fourth-order valence-electron chi connectivity index (χ4n) is 3.11. The third-order valence-electron chi connectivity index (χ3n) is 4.50. The van der Waals surface area contributed by atoms with Gasteiger partial charge in [-0.1, -0.05) is 5.16 Å². The molecule has 1 atom stereocenters. The van der Waals surface area contributed by atoms with Crippen molar-refractivity contribution in [2.45, 2.75) is 32.2 Å². The first-order valence-corrected chi connectivity index (χ1v) is 7.91. The van der Waals surface area contributed by atoms with E-state index in [1.165, 1.54) is 24.7 Å². The number of nitrogens with zero attached hydrogens (tertiary/aromatic N) is 4. The van der Waals surface area contributed by atoms with Gasteiger partial charge in [0.05, 0.1) is 6.04 Å². The van der Waals surface area contributed by atoms with E-state index < -0.39 is 11.2 Å². The number of likely N-dealkylation sites (tertiary alicyclic amines) is 1. The summed E-state index contributed by atoms with van der Waals surface area (Å²) in [7, 11) is 2.88. The fourth-order valence-corrected chi connectivity index (χ4v) is 3.11. The molecule has 8 heteroatoms. The highest BCUT2D eigenvalue weighted by molar-refractivity contribution is 5.92. The smallest absolute Gasteiger partial charge is 0.331 e. The van der Waals surface area contributed by atoms with Gasteiger partial charge in [-0.2, -0.15) is 0 Å². The molecule has 8 nitrogen and oxygen atoms in total. The molecule has 24 heavy (non-hydrogen) atoms. The highest BCUT2D eigenvalue weighted by Crippen LogP contribution is 2.31. The molecule has 1 unspecified atom stereocenters. The Morgan fingerprint density at radius 3 is 2.62 bits per heavy atom. The Hall–Kier alpha value is -2.64. The van der Waals surface area contributed by atoms with E-state index in [2.05, 4.69) is 5.16 Å². The molecule has 1 aliphatic heterocycles. The van der Waals surface area contributed by atoms with Gasteiger partial charge in [-0.3, -0.25) is 18.7 Å². The summed E-state index contributed by atoms with van der Waals surface area (Å²) < 4.78 is 7.32. The van der Waals surface area contributed by atoms with Crippen molar-refractivity contribution in [2.75, 3.05) is 6.54 Å². The van der Waals surface area contributed by atoms with Crippen LogP contribution in [0, 0.1) is 6.92 Å². The summed E-state index contributed by atoms with van der Waals surface area (Å²) in [6.45, 7) is 2.36. The molecule has 0 spiro atoms. The molecular weight excluding hydrogens is 312 g/mol. The van der Waals surface area contributed by atoms with E-state index in [1.54, 1.807) is 11.8 Å². The van der Waals surface area contributed by atoms with Crippen molar-refractivity contribution < 1.29 is 9.32 Å². The van der Waals surface area contributed by atoms with E-state index in [0.717, 1.165) is 23.8 Å². The van der Waals surface area contributed by atoms with Crippen LogP contribution in [0.5, 0.6) is 0 Å². The number of piperidine rings is 1. The van der Waals surface area contributed by atoms with Crippen LogP contribution in [0.25, 0.3) is 0 Å². The standard InChI is InChI=1S/C16H20N4O4/c1-10-8-11(17-24-10)12-6-4-5-7-20(12)15(22)13-9-14(21)19(3)16(23)18(13)2/h8-9,12H,4-7H2,1-3H3. The number of amides is 1. The van der Waals surface area contributed by atoms with E-state index in [-0.39, 0.29) is 17.6 Å². The Kier molecular flexibility index (Phi) is 4.13. The van der Waals surface area contributed by atoms with Crippen LogP contribution in [0.2, 0.25) is 0 Å². The highest BCUT2D eigenvalue weighted by Gasteiger charge is 2.32. The molecule has 3 rings (SSSR count). The average molecular weight is 332 g/mol. The van der Waals surface area contributed by atoms with E-state index in [9.17, 15) is 14.4 Å². The number of hydrogen-bond donors (Lipinski definition) is 0. The van der Waals surface area contributed by atoms with Gasteiger partial charge in [-0.05, 0) is 26.2 Å². The van der Waals surface area contributed by atoms with Crippen LogP contribution in [-0.2, 0) is 14.1 Å². The number of aryl methyl sites for hydroxylation is 1. The zero-order chi connectivity index (χ0) is 17.4. The first-order valence-electron chi connectivity index (χ1n) is 7.91. The molecule has 0 aromatic carbocycles. The Labute approximate surface area is 138 Å². The minimum atomic E-state index is -0.517. The number of rotatable bonds is 2. The SMILES string of the molecule is Cc1cc(C2CCCCN2C(=O)c2cc(=O)n(C)c(=O)n2C)no1. The van der Waals surface area contributed by atoms with Crippen molar-refractivity contribution in [3.8, 4) is 0 Å². The molecule has 1 saturated heterocycles. The maximum atomic E-state index is 13.0. The summed E-state index contributed by atoms with van der Waals surface area (Å²) in [5.41, 5.74) is -0.214. The molecule has 0 aliphatic carbocycles. The first kappa shape index (κ1) is 16.2. The quantitative estimate of drug-likeness (QED) is 0.809. The Morgan fingerprint density at radius 1 is 1.21 bits per heavy atom. The largest absolute Gasteiger partial charge is 0.361 e. The molecule has 0 N–H and O–H groups in total. The Balaban J connectivity index is 2.02. The van der Waals surface area contributed by atoms with Crippen LogP contribution < -0.4 is 11.2 Å². The molecule has 0 bridgehead atoms. The molecule has 0 radical (unpaired) electrons. The molecular formula is C16H20N4O4. The lowest BCUT2D eigenvalue weighted by atomic mass is 9.98. The van der Waals surface area contributed by atoms with Gasteiger partial charge >= 0.3 is 5.69 Å². The van der Waals surface area contributed by atoms with Gasteiger partial charge < -0.3 is 9.42 Å². The second-order valence-electron chi connectivity index (χ2n) is 6.14. The van der Waals surface area contributed by atoms with E-state index in [4.69, 9.17) is 4.52 Å². The van der Waals surface area contributed by atoms with Crippen molar-refractivity contribution in [1.82, 2.24) is 19.2 Å². The van der Waals surface area contributed by atoms with Gasteiger partial charge in [0, 0.05) is 32.8 Å². The molecule has 128 valence electrons. The van der Waals surface area contributed by atoms with Crippen LogP contribution in [0.1, 0.15) is 47.2 Å². The Morgan fingerprint density at radius 2 is 1.96 bits per heavy atom. The minimum Gasteiger partial charge on any atom is -0.361 e. The summed E-state index contributed by atoms with van der Waals surface area (Å²) in [5, 5.41) is 4.03. The molecule has 0 saturated carbocycles. The summed E-state index contributed by atoms with van der Waals surface area (Å²) in [5.74, 6) is 0.349. The predicted molar refractivity (Wildman–Crippen MR) is 85.8 cm³/mol. The van der Waals surface area contributed by atoms with Crippen molar-refractivity contribution >= 4 is 5.91 Å². The van der Waals surface area contributed by atoms with Crippen LogP contribution in [0.15, 0.2) is 26.2 Å². The van der Waals surface area contributed by atoms with Crippen LogP contribution in [0.3, 0.4) is 0 Å². The van der Waals surface area contributed by atoms with Crippen molar-refractivity contribution in [2.24, 2.45) is 14.1 Å². The lowest BCUT2D eigenvalue weighted by molar-refractivity contribution is 0.0589. The van der Waals surface area contributed by atoms with Crippen LogP contribution >= 0.6 is 0 Å². The summed E-state index contributed by atoms with van der Waals surface area (Å²) in [4.78, 5) is 38.6. The second-order valence-corrected chi connectivity index (χ2v) is 6.14. The van der Waals surface area contributed by atoms with Crippen LogP contribution in [0.4, 0.5) is 0 Å². The lowest BCUT2D eigenvalue weighted by Crippen LogP contribution is -2.44. The number of aromatic nitrogens is 3. The summed E-state index contributed by atoms with van der Waals surface area (Å²) in [6.07, 6.45) is 2.63. The summed E-state index contributed by atoms with van der Waals surface area (Å²) in [6, 6.07) is 2.82. The zero-order valence-corrected chi connectivity index (χ0v) is 14.0. The van der Waals surface area contributed by atoms with Gasteiger partial charge in [0.2, 0.25) is 0 Å². The fraction of sp³-hybridized carbons (Fsp3) is 0.500. The molecule has 2 aromatic heterocycles. The van der Waals surface area contributed by atoms with Gasteiger partial charge in [0.15, 0.2) is 0 Å². The minimum absolute atomic E-state index is 0.0928. The number of carbonyl (C=O) groups excluding carboxylic acids is 1. The van der Waals surface area contributed by atoms with Crippen molar-refractivity contribution in [3.05, 3.63) is 50.1 Å². The third kappa shape index (κ3) is 2.68. The molecule has 1 aliphatic rings. The monoisotopic (exact) mass is 332 g/mol. The van der Waals surface area contributed by atoms with E-state index in [0.29, 0.717) is 18.0 Å². The maximum absolute atomic E-state index is 13.0. The maximum Gasteiger partial charge on any atom is 0.331 e. The number of hydrogen-bond acceptors (Lipinski definition) is 5. The van der Waals surface area contributed by atoms with Crippen LogP contribution in [-0.4, -0.2) is 31.6 Å². The number of carbonyl (C=O) groups is 1. The average Bonchev–Trinajstić information content (AvgIpc) is 3.02. The lowest BCUT2D eigenvalue weighted by Gasteiger charge is -2.34. The van der Waals surface area contributed by atoms with E-state index in [1.807, 2.05) is 6.07 Å². The summed E-state index contributed by atoms with van der Waals surface area (Å²) >= 11 is 0. The second kappa shape index (κ2) is 6.10. The molecule has 1 amide bonds. The molecule has 2 aromatic rings.